The second-order valence-corrected chi connectivity index (χ2v) is 3.61. The normalized spacial score (nSPS) is 17.2. The second kappa shape index (κ2) is 3.92. The summed E-state index contributed by atoms with van der Waals surface area (Å²) in [5, 5.41) is 0.388. The van der Waals surface area contributed by atoms with Crippen LogP contribution in [0.4, 0.5) is 5.82 Å². The van der Waals surface area contributed by atoms with Crippen molar-refractivity contribution in [3.05, 3.63) is 17.5 Å². The zero-order valence-corrected chi connectivity index (χ0v) is 8.37. The number of carbonyl (C=O) groups is 1. The van der Waals surface area contributed by atoms with Gasteiger partial charge < -0.3 is 4.90 Å². The Morgan fingerprint density at radius 1 is 1.29 bits per heavy atom. The van der Waals surface area contributed by atoms with Gasteiger partial charge in [0.1, 0.15) is 16.8 Å². The van der Waals surface area contributed by atoms with Gasteiger partial charge in [0.15, 0.2) is 0 Å². The minimum Gasteiger partial charge on any atom is -0.354 e. The van der Waals surface area contributed by atoms with E-state index in [4.69, 9.17) is 11.6 Å². The number of halogens is 1. The van der Waals surface area contributed by atoms with Crippen molar-refractivity contribution in [1.82, 2.24) is 9.97 Å². The third-order valence-corrected chi connectivity index (χ3v) is 2.42. The van der Waals surface area contributed by atoms with Crippen molar-refractivity contribution in [2.45, 2.75) is 12.8 Å². The van der Waals surface area contributed by atoms with Gasteiger partial charge >= 0.3 is 0 Å². The Labute approximate surface area is 86.9 Å². The summed E-state index contributed by atoms with van der Waals surface area (Å²) >= 11 is 5.73. The molecule has 1 fully saturated rings. The van der Waals surface area contributed by atoms with Crippen LogP contribution in [-0.4, -0.2) is 28.8 Å². The predicted octanol–water partition coefficient (Wildman–Crippen LogP) is 1.30. The molecule has 0 atom stereocenters. The van der Waals surface area contributed by atoms with Gasteiger partial charge in [0, 0.05) is 25.9 Å². The van der Waals surface area contributed by atoms with Gasteiger partial charge in [-0.1, -0.05) is 11.6 Å². The molecule has 74 valence electrons. The Hall–Kier alpha value is -1.16. The molecule has 2 heterocycles. The van der Waals surface area contributed by atoms with E-state index in [1.54, 1.807) is 6.20 Å². The summed E-state index contributed by atoms with van der Waals surface area (Å²) in [6, 6.07) is 0. The molecule has 0 aliphatic carbocycles. The smallest absolute Gasteiger partial charge is 0.149 e. The summed E-state index contributed by atoms with van der Waals surface area (Å²) in [7, 11) is 0. The van der Waals surface area contributed by atoms with Gasteiger partial charge in [-0.3, -0.25) is 9.78 Å². The van der Waals surface area contributed by atoms with Gasteiger partial charge in [-0.25, -0.2) is 4.98 Å². The first-order chi connectivity index (χ1) is 6.75. The average molecular weight is 212 g/mol. The highest BCUT2D eigenvalue weighted by atomic mass is 35.5. The maximum Gasteiger partial charge on any atom is 0.149 e. The van der Waals surface area contributed by atoms with Crippen molar-refractivity contribution in [1.29, 1.82) is 0 Å². The van der Waals surface area contributed by atoms with E-state index in [2.05, 4.69) is 9.97 Å². The van der Waals surface area contributed by atoms with Crippen LogP contribution in [0, 0.1) is 0 Å². The van der Waals surface area contributed by atoms with E-state index in [0.29, 0.717) is 36.9 Å². The van der Waals surface area contributed by atoms with Crippen LogP contribution in [0.15, 0.2) is 12.4 Å². The first kappa shape index (κ1) is 9.40. The van der Waals surface area contributed by atoms with Gasteiger partial charge in [-0.05, 0) is 0 Å². The lowest BCUT2D eigenvalue weighted by molar-refractivity contribution is -0.119. The molecule has 4 nitrogen and oxygen atoms in total. The molecule has 0 N–H and O–H groups in total. The number of hydrogen-bond acceptors (Lipinski definition) is 4. The lowest BCUT2D eigenvalue weighted by Crippen LogP contribution is -2.34. The molecule has 0 unspecified atom stereocenters. The molecular formula is C9H10ClN3O. The van der Waals surface area contributed by atoms with Gasteiger partial charge in [0.25, 0.3) is 0 Å². The monoisotopic (exact) mass is 211 g/mol. The zero-order valence-electron chi connectivity index (χ0n) is 7.61. The number of carbonyl (C=O) groups excluding carboxylic acids is 1. The summed E-state index contributed by atoms with van der Waals surface area (Å²) in [5.74, 6) is 1.07. The number of piperidine rings is 1. The van der Waals surface area contributed by atoms with Crippen molar-refractivity contribution in [2.24, 2.45) is 0 Å². The molecule has 1 aromatic heterocycles. The van der Waals surface area contributed by atoms with E-state index in [1.165, 1.54) is 6.20 Å². The zero-order chi connectivity index (χ0) is 9.97. The summed E-state index contributed by atoms with van der Waals surface area (Å²) in [4.78, 5) is 21.1. The Bertz CT molecular complexity index is 346. The van der Waals surface area contributed by atoms with Crippen molar-refractivity contribution < 1.29 is 4.79 Å². The van der Waals surface area contributed by atoms with Crippen LogP contribution in [0.1, 0.15) is 12.8 Å². The largest absolute Gasteiger partial charge is 0.354 e. The van der Waals surface area contributed by atoms with Crippen molar-refractivity contribution in [3.63, 3.8) is 0 Å². The van der Waals surface area contributed by atoms with E-state index < -0.39 is 0 Å². The molecular weight excluding hydrogens is 202 g/mol. The third-order valence-electron chi connectivity index (χ3n) is 2.24. The van der Waals surface area contributed by atoms with Crippen LogP contribution in [0.2, 0.25) is 5.15 Å². The maximum absolute atomic E-state index is 11.0. The maximum atomic E-state index is 11.0. The standard InChI is InChI=1S/C9H10ClN3O/c10-8-5-11-6-9(12-8)13-3-1-7(14)2-4-13/h5-6H,1-4H2. The fraction of sp³-hybridized carbons (Fsp3) is 0.444. The fourth-order valence-corrected chi connectivity index (χ4v) is 1.61. The summed E-state index contributed by atoms with van der Waals surface area (Å²) in [6.07, 6.45) is 4.35. The van der Waals surface area contributed by atoms with Crippen molar-refractivity contribution in [2.75, 3.05) is 18.0 Å². The van der Waals surface area contributed by atoms with Crippen LogP contribution in [0.25, 0.3) is 0 Å². The first-order valence-electron chi connectivity index (χ1n) is 4.50. The third kappa shape index (κ3) is 2.01. The Balaban J connectivity index is 2.12. The minimum atomic E-state index is 0.316. The first-order valence-corrected chi connectivity index (χ1v) is 4.88. The van der Waals surface area contributed by atoms with Gasteiger partial charge in [-0.2, -0.15) is 0 Å². The molecule has 1 saturated heterocycles. The van der Waals surface area contributed by atoms with Crippen LogP contribution >= 0.6 is 11.6 Å². The van der Waals surface area contributed by atoms with Crippen molar-refractivity contribution >= 4 is 23.2 Å². The average Bonchev–Trinajstić information content (AvgIpc) is 2.19. The summed E-state index contributed by atoms with van der Waals surface area (Å²) in [5.41, 5.74) is 0. The highest BCUT2D eigenvalue weighted by molar-refractivity contribution is 6.29. The number of anilines is 1. The molecule has 1 aliphatic rings. The number of hydrogen-bond donors (Lipinski definition) is 0. The highest BCUT2D eigenvalue weighted by Gasteiger charge is 2.17. The minimum absolute atomic E-state index is 0.316. The number of Topliss-reactive ketones (excluding diaryl/α,β-unsaturated/α-hetero) is 1. The van der Waals surface area contributed by atoms with E-state index in [9.17, 15) is 4.79 Å². The topological polar surface area (TPSA) is 46.1 Å². The second-order valence-electron chi connectivity index (χ2n) is 3.23. The Kier molecular flexibility index (Phi) is 2.63. The Morgan fingerprint density at radius 2 is 2.00 bits per heavy atom. The van der Waals surface area contributed by atoms with E-state index in [1.807, 2.05) is 4.90 Å². The molecule has 0 bridgehead atoms. The highest BCUT2D eigenvalue weighted by Crippen LogP contribution is 2.16. The number of nitrogens with zero attached hydrogens (tertiary/aromatic N) is 3. The molecule has 0 radical (unpaired) electrons. The lowest BCUT2D eigenvalue weighted by atomic mass is 10.1. The molecule has 0 aromatic carbocycles. The van der Waals surface area contributed by atoms with Gasteiger partial charge in [0.2, 0.25) is 0 Å². The number of ketones is 1. The van der Waals surface area contributed by atoms with Crippen molar-refractivity contribution in [3.8, 4) is 0 Å². The molecule has 14 heavy (non-hydrogen) atoms. The molecule has 1 aromatic rings. The van der Waals surface area contributed by atoms with E-state index in [0.717, 1.165) is 5.82 Å². The van der Waals surface area contributed by atoms with Crippen LogP contribution in [0.3, 0.4) is 0 Å². The molecule has 0 amide bonds. The van der Waals surface area contributed by atoms with Crippen LogP contribution < -0.4 is 4.90 Å². The molecule has 0 saturated carbocycles. The van der Waals surface area contributed by atoms with E-state index in [-0.39, 0.29) is 0 Å². The van der Waals surface area contributed by atoms with Gasteiger partial charge in [-0.15, -0.1) is 0 Å². The molecule has 5 heteroatoms. The Morgan fingerprint density at radius 3 is 2.64 bits per heavy atom. The van der Waals surface area contributed by atoms with Gasteiger partial charge in [0.05, 0.1) is 12.4 Å². The van der Waals surface area contributed by atoms with Crippen LogP contribution in [-0.2, 0) is 4.79 Å². The summed E-state index contributed by atoms with van der Waals surface area (Å²) < 4.78 is 0. The lowest BCUT2D eigenvalue weighted by Gasteiger charge is -2.26. The van der Waals surface area contributed by atoms with E-state index >= 15 is 0 Å². The number of rotatable bonds is 1. The quantitative estimate of drug-likeness (QED) is 0.703. The molecule has 0 spiro atoms. The number of aromatic nitrogens is 2. The molecule has 1 aliphatic heterocycles. The SMILES string of the molecule is O=C1CCN(c2cncc(Cl)n2)CC1. The predicted molar refractivity (Wildman–Crippen MR) is 53.5 cm³/mol. The fourth-order valence-electron chi connectivity index (χ4n) is 1.47. The molecule has 2 rings (SSSR count). The van der Waals surface area contributed by atoms with Crippen LogP contribution in [0.5, 0.6) is 0 Å². The summed E-state index contributed by atoms with van der Waals surface area (Å²) in [6.45, 7) is 1.43.